The van der Waals surface area contributed by atoms with Crippen LogP contribution < -0.4 is 5.32 Å². The number of barbiturate groups is 1. The Morgan fingerprint density at radius 1 is 1.21 bits per heavy atom. The smallest absolute Gasteiger partial charge is 0.331 e. The molecule has 0 radical (unpaired) electrons. The Labute approximate surface area is 167 Å². The van der Waals surface area contributed by atoms with Crippen LogP contribution in [0.4, 0.5) is 4.79 Å². The van der Waals surface area contributed by atoms with Crippen LogP contribution >= 0.6 is 0 Å². The Morgan fingerprint density at radius 3 is 2.66 bits per heavy atom. The van der Waals surface area contributed by atoms with E-state index in [-0.39, 0.29) is 18.2 Å². The summed E-state index contributed by atoms with van der Waals surface area (Å²) in [4.78, 5) is 50.6. The van der Waals surface area contributed by atoms with Crippen molar-refractivity contribution in [1.82, 2.24) is 14.8 Å². The van der Waals surface area contributed by atoms with Gasteiger partial charge in [-0.1, -0.05) is 31.0 Å². The van der Waals surface area contributed by atoms with E-state index in [0.717, 1.165) is 36.6 Å². The molecule has 150 valence electrons. The van der Waals surface area contributed by atoms with Gasteiger partial charge in [0.2, 0.25) is 0 Å². The normalized spacial score (nSPS) is 19.3. The fourth-order valence-electron chi connectivity index (χ4n) is 4.05. The minimum Gasteiger partial charge on any atom is -0.468 e. The number of para-hydroxylation sites is 1. The summed E-state index contributed by atoms with van der Waals surface area (Å²) >= 11 is 0. The molecular weight excluding hydrogens is 374 g/mol. The summed E-state index contributed by atoms with van der Waals surface area (Å²) in [6, 6.07) is 6.53. The van der Waals surface area contributed by atoms with Crippen molar-refractivity contribution in [1.29, 1.82) is 0 Å². The van der Waals surface area contributed by atoms with Crippen LogP contribution in [-0.4, -0.2) is 46.4 Å². The third-order valence-electron chi connectivity index (χ3n) is 5.47. The van der Waals surface area contributed by atoms with Crippen molar-refractivity contribution in [3.63, 3.8) is 0 Å². The van der Waals surface area contributed by atoms with Crippen LogP contribution in [-0.2, 0) is 25.7 Å². The van der Waals surface area contributed by atoms with Crippen molar-refractivity contribution < 1.29 is 23.9 Å². The number of methoxy groups -OCH3 is 1. The van der Waals surface area contributed by atoms with Gasteiger partial charge in [0.05, 0.1) is 7.11 Å². The molecule has 29 heavy (non-hydrogen) atoms. The molecule has 1 N–H and O–H groups in total. The second kappa shape index (κ2) is 7.54. The number of hydrogen-bond acceptors (Lipinski definition) is 5. The Bertz CT molecular complexity index is 1050. The number of benzene rings is 1. The lowest BCUT2D eigenvalue weighted by atomic mass is 10.0. The molecule has 1 aliphatic heterocycles. The van der Waals surface area contributed by atoms with E-state index in [2.05, 4.69) is 5.32 Å². The molecule has 1 saturated carbocycles. The van der Waals surface area contributed by atoms with Crippen molar-refractivity contribution in [3.8, 4) is 0 Å². The van der Waals surface area contributed by atoms with Crippen molar-refractivity contribution in [3.05, 3.63) is 41.6 Å². The number of hydrogen-bond donors (Lipinski definition) is 1. The summed E-state index contributed by atoms with van der Waals surface area (Å²) in [7, 11) is 1.32. The second-order valence-electron chi connectivity index (χ2n) is 7.24. The highest BCUT2D eigenvalue weighted by Crippen LogP contribution is 2.29. The molecular formula is C21H21N3O5. The maximum Gasteiger partial charge on any atom is 0.331 e. The molecule has 8 nitrogen and oxygen atoms in total. The highest BCUT2D eigenvalue weighted by atomic mass is 16.5. The summed E-state index contributed by atoms with van der Waals surface area (Å²) in [5, 5.41) is 3.07. The first-order chi connectivity index (χ1) is 14.0. The molecule has 4 amide bonds. The summed E-state index contributed by atoms with van der Waals surface area (Å²) in [6.45, 7) is 0.00696. The number of rotatable bonds is 4. The number of ether oxygens (including phenoxy) is 1. The van der Waals surface area contributed by atoms with Gasteiger partial charge in [0, 0.05) is 28.7 Å². The zero-order valence-electron chi connectivity index (χ0n) is 16.0. The van der Waals surface area contributed by atoms with Gasteiger partial charge in [-0.15, -0.1) is 0 Å². The van der Waals surface area contributed by atoms with E-state index < -0.39 is 23.8 Å². The molecule has 0 bridgehead atoms. The Morgan fingerprint density at radius 2 is 1.93 bits per heavy atom. The van der Waals surface area contributed by atoms with E-state index in [1.165, 1.54) is 18.1 Å². The minimum absolute atomic E-state index is 0.00696. The Balaban J connectivity index is 1.75. The van der Waals surface area contributed by atoms with Crippen molar-refractivity contribution in [2.45, 2.75) is 38.3 Å². The number of carbonyl (C=O) groups excluding carboxylic acids is 4. The van der Waals surface area contributed by atoms with Crippen LogP contribution in [0.5, 0.6) is 0 Å². The number of esters is 1. The predicted octanol–water partition coefficient (Wildman–Crippen LogP) is 2.22. The molecule has 1 aliphatic carbocycles. The van der Waals surface area contributed by atoms with Crippen LogP contribution in [0, 0.1) is 0 Å². The summed E-state index contributed by atoms with van der Waals surface area (Å²) in [6.07, 6.45) is 6.59. The van der Waals surface area contributed by atoms with Gasteiger partial charge in [0.25, 0.3) is 11.8 Å². The maximum absolute atomic E-state index is 13.0. The zero-order valence-corrected chi connectivity index (χ0v) is 16.0. The van der Waals surface area contributed by atoms with Gasteiger partial charge in [-0.2, -0.15) is 0 Å². The van der Waals surface area contributed by atoms with Crippen LogP contribution in [0.2, 0.25) is 0 Å². The minimum atomic E-state index is -0.709. The van der Waals surface area contributed by atoms with Crippen molar-refractivity contribution >= 4 is 40.8 Å². The van der Waals surface area contributed by atoms with Gasteiger partial charge in [-0.05, 0) is 25.0 Å². The molecule has 4 rings (SSSR count). The molecule has 0 atom stereocenters. The van der Waals surface area contributed by atoms with Crippen LogP contribution in [0.25, 0.3) is 17.0 Å². The van der Waals surface area contributed by atoms with Crippen LogP contribution in [0.1, 0.15) is 31.2 Å². The largest absolute Gasteiger partial charge is 0.468 e. The predicted molar refractivity (Wildman–Crippen MR) is 105 cm³/mol. The van der Waals surface area contributed by atoms with Crippen molar-refractivity contribution in [2.75, 3.05) is 7.11 Å². The quantitative estimate of drug-likeness (QED) is 0.486. The van der Waals surface area contributed by atoms with E-state index in [4.69, 9.17) is 4.74 Å². The first-order valence-corrected chi connectivity index (χ1v) is 9.55. The average Bonchev–Trinajstić information content (AvgIpc) is 3.34. The average molecular weight is 395 g/mol. The first-order valence-electron chi connectivity index (χ1n) is 9.55. The fraction of sp³-hybridized carbons (Fsp3) is 0.333. The number of imide groups is 2. The molecule has 2 heterocycles. The third-order valence-corrected chi connectivity index (χ3v) is 5.47. The molecule has 0 unspecified atom stereocenters. The van der Waals surface area contributed by atoms with Gasteiger partial charge in [-0.3, -0.25) is 24.6 Å². The van der Waals surface area contributed by atoms with E-state index >= 15 is 0 Å². The second-order valence-corrected chi connectivity index (χ2v) is 7.24. The SMILES string of the molecule is COC(=O)Cn1cc(C=C2C(=O)NC(=O)N(C3CCCC3)C2=O)c2ccccc21. The summed E-state index contributed by atoms with van der Waals surface area (Å²) in [5.74, 6) is -1.69. The highest BCUT2D eigenvalue weighted by molar-refractivity contribution is 6.31. The number of nitrogens with one attached hydrogen (secondary N) is 1. The summed E-state index contributed by atoms with van der Waals surface area (Å²) in [5.41, 5.74) is 1.30. The van der Waals surface area contributed by atoms with Crippen LogP contribution in [0.15, 0.2) is 36.0 Å². The first kappa shape index (κ1) is 18.9. The van der Waals surface area contributed by atoms with E-state index in [1.54, 1.807) is 10.8 Å². The van der Waals surface area contributed by atoms with E-state index in [1.807, 2.05) is 24.3 Å². The Kier molecular flexibility index (Phi) is 4.92. The standard InChI is InChI=1S/C21H21N3O5/c1-29-18(25)12-23-11-13(15-8-4-5-9-17(15)23)10-16-19(26)22-21(28)24(20(16)27)14-6-2-3-7-14/h4-5,8-11,14H,2-3,6-7,12H2,1H3,(H,22,26,28). The molecule has 0 spiro atoms. The fourth-order valence-corrected chi connectivity index (χ4v) is 4.05. The lowest BCUT2D eigenvalue weighted by Gasteiger charge is -2.31. The lowest BCUT2D eigenvalue weighted by molar-refractivity contribution is -0.141. The molecule has 1 aromatic carbocycles. The van der Waals surface area contributed by atoms with E-state index in [0.29, 0.717) is 5.56 Å². The maximum atomic E-state index is 13.0. The van der Waals surface area contributed by atoms with Gasteiger partial charge in [-0.25, -0.2) is 4.79 Å². The number of fused-ring (bicyclic) bond motifs is 1. The number of nitrogens with zero attached hydrogens (tertiary/aromatic N) is 2. The molecule has 2 fully saturated rings. The lowest BCUT2D eigenvalue weighted by Crippen LogP contribution is -2.57. The Hall–Kier alpha value is -3.42. The van der Waals surface area contributed by atoms with Gasteiger partial charge < -0.3 is 9.30 Å². The van der Waals surface area contributed by atoms with E-state index in [9.17, 15) is 19.2 Å². The summed E-state index contributed by atoms with van der Waals surface area (Å²) < 4.78 is 6.45. The topological polar surface area (TPSA) is 97.7 Å². The van der Waals surface area contributed by atoms with Crippen LogP contribution in [0.3, 0.4) is 0 Å². The van der Waals surface area contributed by atoms with Gasteiger partial charge >= 0.3 is 12.0 Å². The monoisotopic (exact) mass is 395 g/mol. The third kappa shape index (κ3) is 3.41. The molecule has 2 aromatic rings. The van der Waals surface area contributed by atoms with Crippen molar-refractivity contribution in [2.24, 2.45) is 0 Å². The molecule has 2 aliphatic rings. The highest BCUT2D eigenvalue weighted by Gasteiger charge is 2.40. The van der Waals surface area contributed by atoms with Gasteiger partial charge in [0.15, 0.2) is 0 Å². The zero-order chi connectivity index (χ0) is 20.5. The number of amides is 4. The molecule has 1 saturated heterocycles. The number of aromatic nitrogens is 1. The van der Waals surface area contributed by atoms with Gasteiger partial charge in [0.1, 0.15) is 12.1 Å². The number of urea groups is 1. The number of carbonyl (C=O) groups is 4. The molecule has 1 aromatic heterocycles. The molecule has 8 heteroatoms.